The van der Waals surface area contributed by atoms with Crippen LogP contribution in [-0.4, -0.2) is 73.0 Å². The molecule has 1 spiro atoms. The van der Waals surface area contributed by atoms with Crippen molar-refractivity contribution < 1.29 is 46.3 Å². The number of barbiturate groups is 1. The number of hydrogen-bond acceptors (Lipinski definition) is 9. The summed E-state index contributed by atoms with van der Waals surface area (Å²) in [6.07, 6.45) is -5.58. The number of ether oxygens (including phenoxy) is 2. The third-order valence-corrected chi connectivity index (χ3v) is 7.37. The number of benzene rings is 1. The number of amides is 5. The molecule has 1 aromatic heterocycles. The SMILES string of the molecule is C[C@@H]1CN2c3c(cc4c(N5C(=O)OC[C@@H]5C(F)F)noc4c3F)CC3(C(=O)NC(=O)NC3=O)C2[C@H](C)O1. The van der Waals surface area contributed by atoms with Crippen LogP contribution in [0.1, 0.15) is 19.4 Å². The van der Waals surface area contributed by atoms with Crippen LogP contribution in [0.4, 0.5) is 34.3 Å². The van der Waals surface area contributed by atoms with Gasteiger partial charge >= 0.3 is 12.1 Å². The van der Waals surface area contributed by atoms with Crippen molar-refractivity contribution >= 4 is 46.4 Å². The monoisotopic (exact) mass is 523 g/mol. The highest BCUT2D eigenvalue weighted by Gasteiger charge is 2.63. The molecule has 0 radical (unpaired) electrons. The maximum absolute atomic E-state index is 16.1. The van der Waals surface area contributed by atoms with Crippen molar-refractivity contribution in [3.05, 3.63) is 17.4 Å². The summed E-state index contributed by atoms with van der Waals surface area (Å²) in [6.45, 7) is 2.88. The highest BCUT2D eigenvalue weighted by Crippen LogP contribution is 2.50. The number of anilines is 2. The lowest BCUT2D eigenvalue weighted by molar-refractivity contribution is -0.153. The number of halogens is 3. The Labute approximate surface area is 206 Å². The van der Waals surface area contributed by atoms with Crippen LogP contribution in [0.2, 0.25) is 0 Å². The van der Waals surface area contributed by atoms with E-state index in [-0.39, 0.29) is 35.4 Å². The van der Waals surface area contributed by atoms with E-state index in [0.29, 0.717) is 4.90 Å². The zero-order valence-electron chi connectivity index (χ0n) is 19.4. The van der Waals surface area contributed by atoms with Gasteiger partial charge in [-0.3, -0.25) is 20.2 Å². The van der Waals surface area contributed by atoms with Gasteiger partial charge in [-0.2, -0.15) is 0 Å². The predicted octanol–water partition coefficient (Wildman–Crippen LogP) is 1.45. The third-order valence-electron chi connectivity index (χ3n) is 7.37. The van der Waals surface area contributed by atoms with Crippen molar-refractivity contribution in [3.8, 4) is 0 Å². The van der Waals surface area contributed by atoms with Crippen molar-refractivity contribution in [3.63, 3.8) is 0 Å². The molecule has 6 rings (SSSR count). The normalized spacial score (nSPS) is 28.9. The first-order chi connectivity index (χ1) is 17.5. The van der Waals surface area contributed by atoms with Crippen LogP contribution in [0.3, 0.4) is 0 Å². The Morgan fingerprint density at radius 3 is 2.54 bits per heavy atom. The Kier molecular flexibility index (Phi) is 4.96. The Bertz CT molecular complexity index is 1360. The number of rotatable bonds is 2. The molecule has 5 amide bonds. The summed E-state index contributed by atoms with van der Waals surface area (Å²) in [5.74, 6) is -3.03. The van der Waals surface area contributed by atoms with Crippen LogP contribution in [0.25, 0.3) is 11.0 Å². The van der Waals surface area contributed by atoms with Crippen LogP contribution in [0.5, 0.6) is 0 Å². The number of imide groups is 2. The summed E-state index contributed by atoms with van der Waals surface area (Å²) < 4.78 is 59.1. The molecule has 3 saturated heterocycles. The molecule has 2 aromatic rings. The summed E-state index contributed by atoms with van der Waals surface area (Å²) in [7, 11) is 0. The van der Waals surface area contributed by atoms with Crippen LogP contribution in [0.15, 0.2) is 10.6 Å². The topological polar surface area (TPSA) is 143 Å². The van der Waals surface area contributed by atoms with Gasteiger partial charge in [0.15, 0.2) is 17.1 Å². The van der Waals surface area contributed by atoms with Gasteiger partial charge in [0.2, 0.25) is 17.4 Å². The Morgan fingerprint density at radius 2 is 1.86 bits per heavy atom. The van der Waals surface area contributed by atoms with Crippen LogP contribution in [0, 0.1) is 11.2 Å². The van der Waals surface area contributed by atoms with E-state index in [9.17, 15) is 28.0 Å². The van der Waals surface area contributed by atoms with Gasteiger partial charge in [0, 0.05) is 13.0 Å². The second-order valence-electron chi connectivity index (χ2n) is 9.56. The number of nitrogens with zero attached hydrogens (tertiary/aromatic N) is 3. The van der Waals surface area contributed by atoms with E-state index < -0.39 is 78.1 Å². The number of cyclic esters (lactones) is 1. The number of fused-ring (bicyclic) bond motifs is 5. The largest absolute Gasteiger partial charge is 0.447 e. The fourth-order valence-corrected chi connectivity index (χ4v) is 5.98. The third kappa shape index (κ3) is 3.09. The summed E-state index contributed by atoms with van der Waals surface area (Å²) in [5, 5.41) is 7.83. The second-order valence-corrected chi connectivity index (χ2v) is 9.56. The van der Waals surface area contributed by atoms with E-state index in [2.05, 4.69) is 15.8 Å². The van der Waals surface area contributed by atoms with E-state index in [0.717, 1.165) is 0 Å². The highest BCUT2D eigenvalue weighted by molar-refractivity contribution is 6.20. The quantitative estimate of drug-likeness (QED) is 0.559. The van der Waals surface area contributed by atoms with Gasteiger partial charge in [-0.25, -0.2) is 27.7 Å². The molecule has 1 aromatic carbocycles. The highest BCUT2D eigenvalue weighted by atomic mass is 19.3. The molecule has 1 unspecified atom stereocenters. The van der Waals surface area contributed by atoms with Crippen molar-refractivity contribution in [1.29, 1.82) is 0 Å². The summed E-state index contributed by atoms with van der Waals surface area (Å²) in [5.41, 5.74) is -2.08. The van der Waals surface area contributed by atoms with Crippen LogP contribution < -0.4 is 20.4 Å². The van der Waals surface area contributed by atoms with Gasteiger partial charge in [0.25, 0.3) is 6.43 Å². The maximum atomic E-state index is 16.1. The molecule has 4 aliphatic heterocycles. The van der Waals surface area contributed by atoms with Crippen LogP contribution >= 0.6 is 0 Å². The van der Waals surface area contributed by atoms with Gasteiger partial charge in [-0.05, 0) is 25.5 Å². The minimum Gasteiger partial charge on any atom is -0.447 e. The molecule has 2 N–H and O–H groups in total. The summed E-state index contributed by atoms with van der Waals surface area (Å²) >= 11 is 0. The lowest BCUT2D eigenvalue weighted by atomic mass is 9.66. The fraction of sp³-hybridized carbons (Fsp3) is 0.500. The minimum atomic E-state index is -2.98. The number of carbonyl (C=O) groups excluding carboxylic acids is 4. The first-order valence-electron chi connectivity index (χ1n) is 11.5. The van der Waals surface area contributed by atoms with E-state index in [1.165, 1.54) is 11.0 Å². The number of hydrogen-bond donors (Lipinski definition) is 2. The molecule has 15 heteroatoms. The number of nitrogens with one attached hydrogen (secondary N) is 2. The Hall–Kier alpha value is -3.88. The number of alkyl halides is 2. The summed E-state index contributed by atoms with van der Waals surface area (Å²) in [4.78, 5) is 52.8. The van der Waals surface area contributed by atoms with E-state index in [1.54, 1.807) is 13.8 Å². The molecule has 4 aliphatic rings. The van der Waals surface area contributed by atoms with Crippen molar-refractivity contribution in [2.75, 3.05) is 23.0 Å². The molecular weight excluding hydrogens is 503 g/mol. The molecule has 0 aliphatic carbocycles. The summed E-state index contributed by atoms with van der Waals surface area (Å²) in [6, 6.07) is -2.29. The Morgan fingerprint density at radius 1 is 1.16 bits per heavy atom. The molecule has 12 nitrogen and oxygen atoms in total. The predicted molar refractivity (Wildman–Crippen MR) is 117 cm³/mol. The first kappa shape index (κ1) is 23.5. The number of morpholine rings is 1. The zero-order valence-corrected chi connectivity index (χ0v) is 19.4. The molecule has 196 valence electrons. The average molecular weight is 523 g/mol. The standard InChI is InChI=1S/C22H20F3N5O7/c1-7-5-29-13-9(4-22(15(29)8(2)36-7)18(31)26-20(33)27-19(22)32)3-10-14(12(13)23)37-28-17(10)30-11(16(24)25)6-35-21(30)34/h3,7-8,11,15-16H,4-6H2,1-2H3,(H2,26,27,31,32,33)/t7-,8+,11-,15?/m1/s1. The lowest BCUT2D eigenvalue weighted by Gasteiger charge is -2.55. The van der Waals surface area contributed by atoms with Crippen molar-refractivity contribution in [2.45, 2.75) is 51.0 Å². The maximum Gasteiger partial charge on any atom is 0.416 e. The average Bonchev–Trinajstić information content (AvgIpc) is 3.40. The first-order valence-corrected chi connectivity index (χ1v) is 11.5. The van der Waals surface area contributed by atoms with Crippen LogP contribution in [-0.2, 0) is 25.5 Å². The van der Waals surface area contributed by atoms with Gasteiger partial charge in [-0.15, -0.1) is 0 Å². The molecule has 37 heavy (non-hydrogen) atoms. The van der Waals surface area contributed by atoms with Crippen molar-refractivity contribution in [2.24, 2.45) is 5.41 Å². The van der Waals surface area contributed by atoms with Gasteiger partial charge in [0.05, 0.1) is 29.3 Å². The second kappa shape index (κ2) is 7.81. The van der Waals surface area contributed by atoms with E-state index in [4.69, 9.17) is 14.0 Å². The molecular formula is C22H20F3N5O7. The van der Waals surface area contributed by atoms with E-state index in [1.807, 2.05) is 0 Å². The molecule has 3 fully saturated rings. The van der Waals surface area contributed by atoms with E-state index >= 15 is 4.39 Å². The Balaban J connectivity index is 1.57. The fourth-order valence-electron chi connectivity index (χ4n) is 5.98. The smallest absolute Gasteiger partial charge is 0.416 e. The molecule has 5 heterocycles. The zero-order chi connectivity index (χ0) is 26.4. The molecule has 0 saturated carbocycles. The number of urea groups is 1. The van der Waals surface area contributed by atoms with Crippen molar-refractivity contribution in [1.82, 2.24) is 15.8 Å². The molecule has 0 bridgehead atoms. The number of carbonyl (C=O) groups is 4. The van der Waals surface area contributed by atoms with Gasteiger partial charge in [-0.1, -0.05) is 5.16 Å². The number of aromatic nitrogens is 1. The van der Waals surface area contributed by atoms with Gasteiger partial charge < -0.3 is 18.9 Å². The van der Waals surface area contributed by atoms with Gasteiger partial charge in [0.1, 0.15) is 12.6 Å². The molecule has 4 atom stereocenters. The minimum absolute atomic E-state index is 0.0275. The lowest BCUT2D eigenvalue weighted by Crippen LogP contribution is -2.75.